The van der Waals surface area contributed by atoms with Crippen LogP contribution in [-0.4, -0.2) is 49.5 Å². The average Bonchev–Trinajstić information content (AvgIpc) is 2.75. The van der Waals surface area contributed by atoms with Gasteiger partial charge in [-0.3, -0.25) is 9.48 Å². The van der Waals surface area contributed by atoms with Crippen LogP contribution in [0.3, 0.4) is 0 Å². The fourth-order valence-corrected chi connectivity index (χ4v) is 2.02. The van der Waals surface area contributed by atoms with Crippen LogP contribution in [0.4, 0.5) is 0 Å². The maximum absolute atomic E-state index is 12.1. The number of carboxylic acid groups (broad SMARTS) is 1. The second-order valence-corrected chi connectivity index (χ2v) is 4.13. The predicted octanol–water partition coefficient (Wildman–Crippen LogP) is -0.106. The first-order valence-electron chi connectivity index (χ1n) is 5.49. The summed E-state index contributed by atoms with van der Waals surface area (Å²) in [5, 5.41) is 16.5. The van der Waals surface area contributed by atoms with Gasteiger partial charge >= 0.3 is 5.97 Å². The van der Waals surface area contributed by atoms with Crippen molar-refractivity contribution in [1.29, 1.82) is 0 Å². The highest BCUT2D eigenvalue weighted by Gasteiger charge is 2.33. The van der Waals surface area contributed by atoms with Crippen molar-refractivity contribution in [2.24, 2.45) is 7.05 Å². The molecule has 7 nitrogen and oxygen atoms in total. The lowest BCUT2D eigenvalue weighted by Crippen LogP contribution is -2.48. The Bertz CT molecular complexity index is 443. The minimum Gasteiger partial charge on any atom is -0.480 e. The molecule has 0 spiro atoms. The van der Waals surface area contributed by atoms with E-state index in [9.17, 15) is 9.59 Å². The maximum Gasteiger partial charge on any atom is 0.326 e. The number of aryl methyl sites for hydroxylation is 1. The molecule has 1 aliphatic rings. The summed E-state index contributed by atoms with van der Waals surface area (Å²) in [6, 6.07) is -0.738. The maximum atomic E-state index is 12.1. The van der Waals surface area contributed by atoms with E-state index >= 15 is 0 Å². The summed E-state index contributed by atoms with van der Waals surface area (Å²) in [6.45, 7) is 0.465. The van der Waals surface area contributed by atoms with E-state index in [0.717, 1.165) is 12.8 Å². The highest BCUT2D eigenvalue weighted by Crippen LogP contribution is 2.19. The Kier molecular flexibility index (Phi) is 3.08. The molecule has 0 aliphatic carbocycles. The van der Waals surface area contributed by atoms with Crippen LogP contribution in [0.25, 0.3) is 0 Å². The van der Waals surface area contributed by atoms with Gasteiger partial charge in [-0.05, 0) is 19.3 Å². The van der Waals surface area contributed by atoms with Gasteiger partial charge in [-0.15, -0.1) is 5.10 Å². The lowest BCUT2D eigenvalue weighted by atomic mass is 10.0. The van der Waals surface area contributed by atoms with Gasteiger partial charge < -0.3 is 10.0 Å². The van der Waals surface area contributed by atoms with Crippen LogP contribution in [-0.2, 0) is 11.8 Å². The molecule has 1 aliphatic heterocycles. The Morgan fingerprint density at radius 1 is 1.47 bits per heavy atom. The number of carboxylic acids is 1. The molecular weight excluding hydrogens is 224 g/mol. The molecule has 1 fully saturated rings. The third-order valence-corrected chi connectivity index (χ3v) is 2.87. The molecule has 2 rings (SSSR count). The topological polar surface area (TPSA) is 88.3 Å². The van der Waals surface area contributed by atoms with Crippen molar-refractivity contribution in [3.63, 3.8) is 0 Å². The fraction of sp³-hybridized carbons (Fsp3) is 0.600. The number of carbonyl (C=O) groups is 2. The molecule has 1 unspecified atom stereocenters. The molecule has 0 aromatic carbocycles. The summed E-state index contributed by atoms with van der Waals surface area (Å²) >= 11 is 0. The van der Waals surface area contributed by atoms with Gasteiger partial charge in [0.05, 0.1) is 6.20 Å². The van der Waals surface area contributed by atoms with E-state index in [0.29, 0.717) is 13.0 Å². The minimum absolute atomic E-state index is 0.195. The Balaban J connectivity index is 2.19. The number of aromatic nitrogens is 3. The zero-order valence-electron chi connectivity index (χ0n) is 9.54. The van der Waals surface area contributed by atoms with E-state index in [4.69, 9.17) is 5.11 Å². The van der Waals surface area contributed by atoms with Gasteiger partial charge in [-0.25, -0.2) is 4.79 Å². The largest absolute Gasteiger partial charge is 0.480 e. The second-order valence-electron chi connectivity index (χ2n) is 4.13. The summed E-state index contributed by atoms with van der Waals surface area (Å²) in [5.74, 6) is -1.31. The number of hydrogen-bond donors (Lipinski definition) is 1. The molecule has 0 radical (unpaired) electrons. The summed E-state index contributed by atoms with van der Waals surface area (Å²) in [6.07, 6.45) is 3.66. The number of hydrogen-bond acceptors (Lipinski definition) is 4. The highest BCUT2D eigenvalue weighted by atomic mass is 16.4. The molecular formula is C10H14N4O3. The number of piperidine rings is 1. The lowest BCUT2D eigenvalue weighted by Gasteiger charge is -2.32. The first-order chi connectivity index (χ1) is 8.09. The van der Waals surface area contributed by atoms with Crippen molar-refractivity contribution in [3.05, 3.63) is 11.9 Å². The van der Waals surface area contributed by atoms with E-state index in [1.807, 2.05) is 0 Å². The molecule has 1 amide bonds. The van der Waals surface area contributed by atoms with E-state index in [-0.39, 0.29) is 11.6 Å². The second kappa shape index (κ2) is 4.52. The van der Waals surface area contributed by atoms with Gasteiger partial charge in [0.15, 0.2) is 5.69 Å². The SMILES string of the molecule is Cn1cc(C(=O)N2CCCCC2C(=O)O)nn1. The van der Waals surface area contributed by atoms with E-state index in [1.54, 1.807) is 7.05 Å². The van der Waals surface area contributed by atoms with Crippen LogP contribution in [0.5, 0.6) is 0 Å². The molecule has 0 saturated carbocycles. The number of nitrogens with zero attached hydrogens (tertiary/aromatic N) is 4. The standard InChI is InChI=1S/C10H14N4O3/c1-13-6-7(11-12-13)9(15)14-5-3-2-4-8(14)10(16)17/h6,8H,2-5H2,1H3,(H,16,17). The van der Waals surface area contributed by atoms with Gasteiger partial charge in [-0.1, -0.05) is 5.21 Å². The number of likely N-dealkylation sites (tertiary alicyclic amines) is 1. The Hall–Kier alpha value is -1.92. The van der Waals surface area contributed by atoms with Gasteiger partial charge in [0, 0.05) is 13.6 Å². The molecule has 17 heavy (non-hydrogen) atoms. The van der Waals surface area contributed by atoms with Crippen molar-refractivity contribution in [2.45, 2.75) is 25.3 Å². The summed E-state index contributed by atoms with van der Waals surface area (Å²) in [7, 11) is 1.66. The molecule has 2 heterocycles. The number of rotatable bonds is 2. The fourth-order valence-electron chi connectivity index (χ4n) is 2.02. The van der Waals surface area contributed by atoms with Crippen molar-refractivity contribution >= 4 is 11.9 Å². The lowest BCUT2D eigenvalue weighted by molar-refractivity contribution is -0.143. The van der Waals surface area contributed by atoms with Gasteiger partial charge in [-0.2, -0.15) is 0 Å². The summed E-state index contributed by atoms with van der Waals surface area (Å²) in [5.41, 5.74) is 0.195. The van der Waals surface area contributed by atoms with Crippen LogP contribution in [0, 0.1) is 0 Å². The van der Waals surface area contributed by atoms with E-state index in [1.165, 1.54) is 15.8 Å². The molecule has 1 aromatic heterocycles. The summed E-state index contributed by atoms with van der Waals surface area (Å²) in [4.78, 5) is 24.5. The van der Waals surface area contributed by atoms with Crippen LogP contribution in [0.1, 0.15) is 29.8 Å². The number of carbonyl (C=O) groups excluding carboxylic acids is 1. The molecule has 0 bridgehead atoms. The Morgan fingerprint density at radius 3 is 2.82 bits per heavy atom. The van der Waals surface area contributed by atoms with Gasteiger partial charge in [0.1, 0.15) is 6.04 Å². The molecule has 1 aromatic rings. The van der Waals surface area contributed by atoms with Crippen molar-refractivity contribution in [2.75, 3.05) is 6.54 Å². The number of amides is 1. The molecule has 1 atom stereocenters. The molecule has 7 heteroatoms. The zero-order valence-corrected chi connectivity index (χ0v) is 9.54. The smallest absolute Gasteiger partial charge is 0.326 e. The molecule has 1 saturated heterocycles. The van der Waals surface area contributed by atoms with Crippen molar-refractivity contribution in [1.82, 2.24) is 19.9 Å². The Labute approximate surface area is 98.0 Å². The average molecular weight is 238 g/mol. The van der Waals surface area contributed by atoms with Crippen LogP contribution >= 0.6 is 0 Å². The van der Waals surface area contributed by atoms with E-state index < -0.39 is 12.0 Å². The third-order valence-electron chi connectivity index (χ3n) is 2.87. The van der Waals surface area contributed by atoms with Crippen LogP contribution in [0.2, 0.25) is 0 Å². The third kappa shape index (κ3) is 2.27. The molecule has 92 valence electrons. The summed E-state index contributed by atoms with van der Waals surface area (Å²) < 4.78 is 1.42. The Morgan fingerprint density at radius 2 is 2.24 bits per heavy atom. The molecule has 1 N–H and O–H groups in total. The predicted molar refractivity (Wildman–Crippen MR) is 57.3 cm³/mol. The number of aliphatic carboxylic acids is 1. The zero-order chi connectivity index (χ0) is 12.4. The first-order valence-corrected chi connectivity index (χ1v) is 5.49. The van der Waals surface area contributed by atoms with Crippen molar-refractivity contribution < 1.29 is 14.7 Å². The first kappa shape index (κ1) is 11.6. The van der Waals surface area contributed by atoms with Gasteiger partial charge in [0.2, 0.25) is 0 Å². The highest BCUT2D eigenvalue weighted by molar-refractivity contribution is 5.94. The van der Waals surface area contributed by atoms with Crippen LogP contribution < -0.4 is 0 Å². The van der Waals surface area contributed by atoms with Gasteiger partial charge in [0.25, 0.3) is 5.91 Å². The van der Waals surface area contributed by atoms with Crippen molar-refractivity contribution in [3.8, 4) is 0 Å². The normalized spacial score (nSPS) is 20.3. The minimum atomic E-state index is -0.957. The van der Waals surface area contributed by atoms with Crippen LogP contribution in [0.15, 0.2) is 6.20 Å². The monoisotopic (exact) mass is 238 g/mol. The van der Waals surface area contributed by atoms with E-state index in [2.05, 4.69) is 10.3 Å². The quantitative estimate of drug-likeness (QED) is 0.776.